The highest BCUT2D eigenvalue weighted by atomic mass is 32.2. The summed E-state index contributed by atoms with van der Waals surface area (Å²) >= 11 is 0. The fraction of sp³-hybridized carbons (Fsp3) is 0.778. The molecule has 0 aromatic heterocycles. The molecule has 2 amide bonds. The van der Waals surface area contributed by atoms with Crippen molar-refractivity contribution in [2.24, 2.45) is 5.73 Å². The van der Waals surface area contributed by atoms with E-state index in [2.05, 4.69) is 5.32 Å². The molecule has 1 fully saturated rings. The lowest BCUT2D eigenvalue weighted by Gasteiger charge is -2.32. The molecule has 3 N–H and O–H groups in total. The van der Waals surface area contributed by atoms with Gasteiger partial charge >= 0.3 is 0 Å². The summed E-state index contributed by atoms with van der Waals surface area (Å²) in [6.45, 7) is 0.0699. The van der Waals surface area contributed by atoms with Gasteiger partial charge in [-0.3, -0.25) is 9.59 Å². The van der Waals surface area contributed by atoms with Crippen LogP contribution in [0.25, 0.3) is 0 Å². The molecule has 1 heterocycles. The minimum atomic E-state index is -3.40. The fourth-order valence-electron chi connectivity index (χ4n) is 1.86. The van der Waals surface area contributed by atoms with E-state index in [1.807, 2.05) is 0 Å². The number of rotatable bonds is 4. The number of amides is 2. The summed E-state index contributed by atoms with van der Waals surface area (Å²) in [6.07, 6.45) is 3.08. The maximum absolute atomic E-state index is 11.7. The summed E-state index contributed by atoms with van der Waals surface area (Å²) in [5.41, 5.74) is 4.91. The number of piperidine rings is 1. The Hall–Kier alpha value is -1.15. The first-order valence-electron chi connectivity index (χ1n) is 5.35. The van der Waals surface area contributed by atoms with Crippen LogP contribution in [0.1, 0.15) is 19.3 Å². The topological polar surface area (TPSA) is 110 Å². The first kappa shape index (κ1) is 13.9. The fourth-order valence-corrected chi connectivity index (χ4v) is 2.98. The molecule has 7 nitrogen and oxygen atoms in total. The summed E-state index contributed by atoms with van der Waals surface area (Å²) in [4.78, 5) is 22.3. The minimum Gasteiger partial charge on any atom is -0.368 e. The highest BCUT2D eigenvalue weighted by Crippen LogP contribution is 2.19. The van der Waals surface area contributed by atoms with Gasteiger partial charge in [0.25, 0.3) is 0 Å². The van der Waals surface area contributed by atoms with E-state index >= 15 is 0 Å². The monoisotopic (exact) mass is 263 g/mol. The van der Waals surface area contributed by atoms with E-state index in [9.17, 15) is 18.0 Å². The first-order valence-corrected chi connectivity index (χ1v) is 7.20. The average molecular weight is 263 g/mol. The quantitative estimate of drug-likeness (QED) is 0.636. The SMILES string of the molecule is CS(=O)(=O)N1CCCCC1C(=O)NCC(N)=O. The second-order valence-corrected chi connectivity index (χ2v) is 6.00. The number of primary amides is 1. The molecule has 1 unspecified atom stereocenters. The molecule has 1 aliphatic rings. The molecule has 0 aromatic rings. The molecule has 0 radical (unpaired) electrons. The predicted molar refractivity (Wildman–Crippen MR) is 61.4 cm³/mol. The number of hydrogen-bond donors (Lipinski definition) is 2. The highest BCUT2D eigenvalue weighted by molar-refractivity contribution is 7.88. The van der Waals surface area contributed by atoms with E-state index in [1.165, 1.54) is 4.31 Å². The molecule has 8 heteroatoms. The number of nitrogens with one attached hydrogen (secondary N) is 1. The lowest BCUT2D eigenvalue weighted by Crippen LogP contribution is -2.52. The van der Waals surface area contributed by atoms with Gasteiger partial charge in [-0.05, 0) is 12.8 Å². The number of nitrogens with zero attached hydrogens (tertiary/aromatic N) is 1. The van der Waals surface area contributed by atoms with Gasteiger partial charge in [0.05, 0.1) is 12.8 Å². The summed E-state index contributed by atoms with van der Waals surface area (Å²) in [5.74, 6) is -1.12. The third-order valence-corrected chi connectivity index (χ3v) is 3.91. The number of carbonyl (C=O) groups is 2. The minimum absolute atomic E-state index is 0.271. The van der Waals surface area contributed by atoms with Crippen LogP contribution in [0.5, 0.6) is 0 Å². The van der Waals surface area contributed by atoms with Crippen LogP contribution in [0.15, 0.2) is 0 Å². The molecule has 17 heavy (non-hydrogen) atoms. The molecule has 0 aliphatic carbocycles. The van der Waals surface area contributed by atoms with Gasteiger partial charge in [-0.1, -0.05) is 6.42 Å². The van der Waals surface area contributed by atoms with Crippen LogP contribution in [0.3, 0.4) is 0 Å². The molecule has 98 valence electrons. The van der Waals surface area contributed by atoms with Crippen LogP contribution < -0.4 is 11.1 Å². The van der Waals surface area contributed by atoms with Gasteiger partial charge in [-0.15, -0.1) is 0 Å². The van der Waals surface area contributed by atoms with Gasteiger partial charge in [-0.2, -0.15) is 4.31 Å². The highest BCUT2D eigenvalue weighted by Gasteiger charge is 2.34. The largest absolute Gasteiger partial charge is 0.368 e. The Morgan fingerprint density at radius 1 is 1.41 bits per heavy atom. The van der Waals surface area contributed by atoms with Gasteiger partial charge in [0.2, 0.25) is 21.8 Å². The lowest BCUT2D eigenvalue weighted by atomic mass is 10.0. The normalized spacial score (nSPS) is 22.1. The summed E-state index contributed by atoms with van der Waals surface area (Å²) in [6, 6.07) is -0.724. The van der Waals surface area contributed by atoms with Gasteiger partial charge in [-0.25, -0.2) is 8.42 Å². The number of sulfonamides is 1. The van der Waals surface area contributed by atoms with Crippen molar-refractivity contribution in [1.82, 2.24) is 9.62 Å². The maximum atomic E-state index is 11.7. The van der Waals surface area contributed by atoms with Gasteiger partial charge in [0.15, 0.2) is 0 Å². The van der Waals surface area contributed by atoms with E-state index in [-0.39, 0.29) is 6.54 Å². The summed E-state index contributed by atoms with van der Waals surface area (Å²) < 4.78 is 24.2. The van der Waals surface area contributed by atoms with Crippen molar-refractivity contribution >= 4 is 21.8 Å². The van der Waals surface area contributed by atoms with E-state index in [1.54, 1.807) is 0 Å². The standard InChI is InChI=1S/C9H17N3O4S/c1-17(15,16)12-5-3-2-4-7(12)9(14)11-6-8(10)13/h7H,2-6H2,1H3,(H2,10,13)(H,11,14). The van der Waals surface area contributed by atoms with Crippen LogP contribution in [-0.4, -0.2) is 49.9 Å². The zero-order valence-electron chi connectivity index (χ0n) is 9.68. The van der Waals surface area contributed by atoms with Gasteiger partial charge in [0, 0.05) is 6.54 Å². The molecule has 0 aromatic carbocycles. The molecule has 0 saturated carbocycles. The Balaban J connectivity index is 2.71. The van der Waals surface area contributed by atoms with Crippen molar-refractivity contribution in [1.29, 1.82) is 0 Å². The van der Waals surface area contributed by atoms with Crippen molar-refractivity contribution in [2.45, 2.75) is 25.3 Å². The summed E-state index contributed by atoms with van der Waals surface area (Å²) in [5, 5.41) is 2.33. The van der Waals surface area contributed by atoms with Crippen molar-refractivity contribution in [3.8, 4) is 0 Å². The smallest absolute Gasteiger partial charge is 0.238 e. The Morgan fingerprint density at radius 2 is 2.06 bits per heavy atom. The van der Waals surface area contributed by atoms with Crippen LogP contribution in [-0.2, 0) is 19.6 Å². The second kappa shape index (κ2) is 5.46. The molecule has 0 bridgehead atoms. The van der Waals surface area contributed by atoms with E-state index in [4.69, 9.17) is 5.73 Å². The van der Waals surface area contributed by atoms with Crippen molar-refractivity contribution in [2.75, 3.05) is 19.3 Å². The Labute approximate surface area is 100 Å². The van der Waals surface area contributed by atoms with Crippen molar-refractivity contribution in [3.63, 3.8) is 0 Å². The zero-order valence-corrected chi connectivity index (χ0v) is 10.5. The van der Waals surface area contributed by atoms with E-state index in [0.29, 0.717) is 13.0 Å². The van der Waals surface area contributed by atoms with Crippen LogP contribution in [0.2, 0.25) is 0 Å². The van der Waals surface area contributed by atoms with Crippen molar-refractivity contribution < 1.29 is 18.0 Å². The molecule has 1 atom stereocenters. The second-order valence-electron chi connectivity index (χ2n) is 4.07. The van der Waals surface area contributed by atoms with Crippen molar-refractivity contribution in [3.05, 3.63) is 0 Å². The Kier molecular flexibility index (Phi) is 4.47. The third kappa shape index (κ3) is 3.97. The molecular weight excluding hydrogens is 246 g/mol. The Morgan fingerprint density at radius 3 is 2.59 bits per heavy atom. The van der Waals surface area contributed by atoms with Crippen LogP contribution in [0, 0.1) is 0 Å². The first-order chi connectivity index (χ1) is 7.82. The molecule has 1 aliphatic heterocycles. The van der Waals surface area contributed by atoms with Crippen LogP contribution >= 0.6 is 0 Å². The molecule has 1 saturated heterocycles. The summed E-state index contributed by atoms with van der Waals surface area (Å²) in [7, 11) is -3.40. The third-order valence-electron chi connectivity index (χ3n) is 2.62. The number of nitrogens with two attached hydrogens (primary N) is 1. The van der Waals surface area contributed by atoms with Gasteiger partial charge < -0.3 is 11.1 Å². The van der Waals surface area contributed by atoms with E-state index < -0.39 is 27.9 Å². The maximum Gasteiger partial charge on any atom is 0.238 e. The number of hydrogen-bond acceptors (Lipinski definition) is 4. The Bertz CT molecular complexity index is 406. The predicted octanol–water partition coefficient (Wildman–Crippen LogP) is -1.60. The molecular formula is C9H17N3O4S. The van der Waals surface area contributed by atoms with E-state index in [0.717, 1.165) is 19.1 Å². The molecule has 0 spiro atoms. The molecule has 1 rings (SSSR count). The lowest BCUT2D eigenvalue weighted by molar-refractivity contribution is -0.128. The zero-order chi connectivity index (χ0) is 13.1. The average Bonchev–Trinajstić information content (AvgIpc) is 2.24. The van der Waals surface area contributed by atoms with Crippen LogP contribution in [0.4, 0.5) is 0 Å². The number of carbonyl (C=O) groups excluding carboxylic acids is 2. The van der Waals surface area contributed by atoms with Gasteiger partial charge in [0.1, 0.15) is 6.04 Å².